The zero-order chi connectivity index (χ0) is 13.7. The number of likely N-dealkylation sites (N-methyl/N-ethyl adjacent to an activating group) is 1. The van der Waals surface area contributed by atoms with Crippen LogP contribution < -0.4 is 5.73 Å². The van der Waals surface area contributed by atoms with Crippen LogP contribution in [-0.2, 0) is 11.2 Å². The predicted molar refractivity (Wildman–Crippen MR) is 69.4 cm³/mol. The Kier molecular flexibility index (Phi) is 5.09. The van der Waals surface area contributed by atoms with Gasteiger partial charge in [0.05, 0.1) is 6.54 Å². The Morgan fingerprint density at radius 2 is 2.06 bits per heavy atom. The number of amides is 2. The molecule has 0 aliphatic carbocycles. The van der Waals surface area contributed by atoms with Gasteiger partial charge in [0.2, 0.25) is 5.91 Å². The summed E-state index contributed by atoms with van der Waals surface area (Å²) in [5.74, 6) is -0.809. The average Bonchev–Trinajstić information content (AvgIpc) is 2.34. The lowest BCUT2D eigenvalue weighted by Crippen LogP contribution is -2.38. The van der Waals surface area contributed by atoms with Crippen molar-refractivity contribution in [2.45, 2.75) is 20.3 Å². The van der Waals surface area contributed by atoms with Crippen molar-refractivity contribution in [1.29, 1.82) is 0 Å². The van der Waals surface area contributed by atoms with Crippen molar-refractivity contribution in [1.82, 2.24) is 9.88 Å². The van der Waals surface area contributed by atoms with Gasteiger partial charge in [0.1, 0.15) is 5.15 Å². The maximum atomic E-state index is 12.2. The van der Waals surface area contributed by atoms with Crippen LogP contribution in [0.15, 0.2) is 12.1 Å². The Bertz CT molecular complexity index is 463. The molecule has 0 bridgehead atoms. The molecular formula is C12H16ClN3O2. The Labute approximate surface area is 111 Å². The Balaban J connectivity index is 3.01. The first-order chi connectivity index (χ1) is 8.47. The molecule has 5 nitrogen and oxygen atoms in total. The highest BCUT2D eigenvalue weighted by Crippen LogP contribution is 2.13. The van der Waals surface area contributed by atoms with Crippen molar-refractivity contribution in [2.24, 2.45) is 5.73 Å². The maximum Gasteiger partial charge on any atom is 0.254 e. The summed E-state index contributed by atoms with van der Waals surface area (Å²) in [6, 6.07) is 3.17. The third-order valence-corrected chi connectivity index (χ3v) is 2.67. The average molecular weight is 270 g/mol. The molecule has 1 rings (SSSR count). The highest BCUT2D eigenvalue weighted by Gasteiger charge is 2.17. The van der Waals surface area contributed by atoms with E-state index in [4.69, 9.17) is 17.3 Å². The van der Waals surface area contributed by atoms with Crippen molar-refractivity contribution < 1.29 is 9.59 Å². The van der Waals surface area contributed by atoms with Crippen LogP contribution in [0.25, 0.3) is 0 Å². The number of rotatable bonds is 5. The monoisotopic (exact) mass is 269 g/mol. The summed E-state index contributed by atoms with van der Waals surface area (Å²) >= 11 is 5.85. The van der Waals surface area contributed by atoms with Crippen LogP contribution in [0.3, 0.4) is 0 Å². The normalized spacial score (nSPS) is 10.2. The number of pyridine rings is 1. The molecule has 2 N–H and O–H groups in total. The third-order valence-electron chi connectivity index (χ3n) is 2.47. The van der Waals surface area contributed by atoms with Crippen LogP contribution in [0.1, 0.15) is 29.9 Å². The molecule has 0 fully saturated rings. The molecule has 0 spiro atoms. The van der Waals surface area contributed by atoms with Crippen LogP contribution in [0.5, 0.6) is 0 Å². The van der Waals surface area contributed by atoms with Gasteiger partial charge in [0.15, 0.2) is 0 Å². The first kappa shape index (κ1) is 14.4. The van der Waals surface area contributed by atoms with Crippen LogP contribution in [0, 0.1) is 0 Å². The lowest BCUT2D eigenvalue weighted by atomic mass is 10.2. The zero-order valence-electron chi connectivity index (χ0n) is 10.4. The molecule has 18 heavy (non-hydrogen) atoms. The number of halogens is 1. The second-order valence-corrected chi connectivity index (χ2v) is 4.20. The van der Waals surface area contributed by atoms with Crippen LogP contribution in [0.4, 0.5) is 0 Å². The number of aromatic nitrogens is 1. The van der Waals surface area contributed by atoms with E-state index in [0.29, 0.717) is 18.5 Å². The molecule has 0 saturated carbocycles. The minimum atomic E-state index is -0.541. The number of hydrogen-bond acceptors (Lipinski definition) is 3. The van der Waals surface area contributed by atoms with Gasteiger partial charge in [-0.2, -0.15) is 0 Å². The third kappa shape index (κ3) is 3.70. The Hall–Kier alpha value is -1.62. The minimum absolute atomic E-state index is 0.100. The topological polar surface area (TPSA) is 76.3 Å². The fourth-order valence-electron chi connectivity index (χ4n) is 1.55. The number of hydrogen-bond donors (Lipinski definition) is 1. The number of primary amides is 1. The molecule has 6 heteroatoms. The highest BCUT2D eigenvalue weighted by molar-refractivity contribution is 6.29. The molecule has 0 aliphatic heterocycles. The van der Waals surface area contributed by atoms with Gasteiger partial charge >= 0.3 is 0 Å². The maximum absolute atomic E-state index is 12.2. The van der Waals surface area contributed by atoms with Gasteiger partial charge in [0, 0.05) is 17.8 Å². The van der Waals surface area contributed by atoms with Gasteiger partial charge in [-0.05, 0) is 25.5 Å². The smallest absolute Gasteiger partial charge is 0.254 e. The summed E-state index contributed by atoms with van der Waals surface area (Å²) in [5, 5.41) is 0.271. The summed E-state index contributed by atoms with van der Waals surface area (Å²) in [6.45, 7) is 4.01. The SMILES string of the molecule is CCc1cc(C(=O)N(CC)CC(N)=O)cc(Cl)n1. The van der Waals surface area contributed by atoms with Gasteiger partial charge in [-0.3, -0.25) is 9.59 Å². The van der Waals surface area contributed by atoms with E-state index in [1.165, 1.54) is 11.0 Å². The van der Waals surface area contributed by atoms with E-state index < -0.39 is 5.91 Å². The van der Waals surface area contributed by atoms with Crippen molar-refractivity contribution >= 4 is 23.4 Å². The quantitative estimate of drug-likeness (QED) is 0.817. The standard InChI is InChI=1S/C12H16ClN3O2/c1-3-9-5-8(6-10(13)15-9)12(18)16(4-2)7-11(14)17/h5-6H,3-4,7H2,1-2H3,(H2,14,17). The predicted octanol–water partition coefficient (Wildman–Crippen LogP) is 1.24. The van der Waals surface area contributed by atoms with Crippen molar-refractivity contribution in [3.63, 3.8) is 0 Å². The van der Waals surface area contributed by atoms with Crippen LogP contribution in [0.2, 0.25) is 5.15 Å². The van der Waals surface area contributed by atoms with E-state index in [0.717, 1.165) is 5.69 Å². The van der Waals surface area contributed by atoms with E-state index >= 15 is 0 Å². The summed E-state index contributed by atoms with van der Waals surface area (Å²) in [7, 11) is 0. The van der Waals surface area contributed by atoms with E-state index in [9.17, 15) is 9.59 Å². The van der Waals surface area contributed by atoms with Crippen molar-refractivity contribution in [3.05, 3.63) is 28.5 Å². The van der Waals surface area contributed by atoms with Crippen molar-refractivity contribution in [2.75, 3.05) is 13.1 Å². The Morgan fingerprint density at radius 3 is 2.56 bits per heavy atom. The number of aryl methyl sites for hydroxylation is 1. The van der Waals surface area contributed by atoms with Gasteiger partial charge in [-0.1, -0.05) is 18.5 Å². The second-order valence-electron chi connectivity index (χ2n) is 3.81. The molecule has 1 aromatic rings. The molecule has 0 aromatic carbocycles. The van der Waals surface area contributed by atoms with Crippen molar-refractivity contribution in [3.8, 4) is 0 Å². The first-order valence-electron chi connectivity index (χ1n) is 5.72. The van der Waals surface area contributed by atoms with Crippen LogP contribution in [-0.4, -0.2) is 34.8 Å². The molecule has 0 unspecified atom stereocenters. The summed E-state index contributed by atoms with van der Waals surface area (Å²) in [5.41, 5.74) is 6.26. The fourth-order valence-corrected chi connectivity index (χ4v) is 1.78. The lowest BCUT2D eigenvalue weighted by molar-refractivity contribution is -0.118. The van der Waals surface area contributed by atoms with Gasteiger partial charge < -0.3 is 10.6 Å². The van der Waals surface area contributed by atoms with E-state index in [1.54, 1.807) is 13.0 Å². The fraction of sp³-hybridized carbons (Fsp3) is 0.417. The Morgan fingerprint density at radius 1 is 1.39 bits per heavy atom. The lowest BCUT2D eigenvalue weighted by Gasteiger charge is -2.19. The summed E-state index contributed by atoms with van der Waals surface area (Å²) < 4.78 is 0. The molecule has 0 saturated heterocycles. The van der Waals surface area contributed by atoms with Gasteiger partial charge in [0.25, 0.3) is 5.91 Å². The zero-order valence-corrected chi connectivity index (χ0v) is 11.2. The molecule has 98 valence electrons. The molecule has 0 atom stereocenters. The number of carbonyl (C=O) groups excluding carboxylic acids is 2. The molecule has 0 radical (unpaired) electrons. The van der Waals surface area contributed by atoms with E-state index in [1.807, 2.05) is 6.92 Å². The molecule has 1 heterocycles. The minimum Gasteiger partial charge on any atom is -0.368 e. The van der Waals surface area contributed by atoms with Gasteiger partial charge in [-0.15, -0.1) is 0 Å². The molecule has 2 amide bonds. The van der Waals surface area contributed by atoms with E-state index in [2.05, 4.69) is 4.98 Å². The summed E-state index contributed by atoms with van der Waals surface area (Å²) in [4.78, 5) is 28.5. The first-order valence-corrected chi connectivity index (χ1v) is 6.09. The largest absolute Gasteiger partial charge is 0.368 e. The van der Waals surface area contributed by atoms with E-state index in [-0.39, 0.29) is 17.6 Å². The summed E-state index contributed by atoms with van der Waals surface area (Å²) in [6.07, 6.45) is 0.683. The molecular weight excluding hydrogens is 254 g/mol. The van der Waals surface area contributed by atoms with Gasteiger partial charge in [-0.25, -0.2) is 4.98 Å². The molecule has 1 aromatic heterocycles. The van der Waals surface area contributed by atoms with Crippen LogP contribution >= 0.6 is 11.6 Å². The second kappa shape index (κ2) is 6.35. The highest BCUT2D eigenvalue weighted by atomic mass is 35.5. The molecule has 0 aliphatic rings. The number of nitrogens with two attached hydrogens (primary N) is 1. The number of nitrogens with zero attached hydrogens (tertiary/aromatic N) is 2. The number of carbonyl (C=O) groups is 2.